The van der Waals surface area contributed by atoms with Gasteiger partial charge >= 0.3 is 5.97 Å². The van der Waals surface area contributed by atoms with E-state index in [-0.39, 0.29) is 11.3 Å². The van der Waals surface area contributed by atoms with Crippen LogP contribution in [0.5, 0.6) is 0 Å². The molecule has 0 aromatic heterocycles. The summed E-state index contributed by atoms with van der Waals surface area (Å²) in [7, 11) is 0. The number of carbonyl (C=O) groups is 1. The molecule has 2 aromatic rings. The molecule has 0 aliphatic heterocycles. The lowest BCUT2D eigenvalue weighted by molar-refractivity contribution is 0.0697. The molecule has 0 amide bonds. The zero-order valence-electron chi connectivity index (χ0n) is 9.86. The van der Waals surface area contributed by atoms with E-state index in [1.807, 2.05) is 24.3 Å². The first-order valence-electron chi connectivity index (χ1n) is 5.58. The quantitative estimate of drug-likeness (QED) is 0.897. The maximum Gasteiger partial charge on any atom is 0.335 e. The molecule has 2 N–H and O–H groups in total. The fraction of sp³-hybridized carbons (Fsp3) is 0.0714. The third-order valence-electron chi connectivity index (χ3n) is 2.64. The van der Waals surface area contributed by atoms with Crippen molar-refractivity contribution < 1.29 is 14.3 Å². The van der Waals surface area contributed by atoms with Crippen LogP contribution in [0.1, 0.15) is 15.9 Å². The normalized spacial score (nSPS) is 10.2. The van der Waals surface area contributed by atoms with Crippen molar-refractivity contribution in [3.8, 4) is 0 Å². The molecule has 0 atom stereocenters. The summed E-state index contributed by atoms with van der Waals surface area (Å²) in [5, 5.41) is 11.8. The van der Waals surface area contributed by atoms with Crippen molar-refractivity contribution in [2.45, 2.75) is 6.54 Å². The van der Waals surface area contributed by atoms with E-state index in [1.54, 1.807) is 0 Å². The van der Waals surface area contributed by atoms with Crippen molar-refractivity contribution in [1.82, 2.24) is 0 Å². The largest absolute Gasteiger partial charge is 0.478 e. The Labute approximate surface area is 118 Å². The Morgan fingerprint density at radius 1 is 1.26 bits per heavy atom. The van der Waals surface area contributed by atoms with Gasteiger partial charge in [0.15, 0.2) is 0 Å². The van der Waals surface area contributed by atoms with Gasteiger partial charge in [0.25, 0.3) is 0 Å². The molecule has 0 fully saturated rings. The molecule has 3 nitrogen and oxygen atoms in total. The SMILES string of the molecule is O=C(O)c1ccc(F)c(NCc2ccccc2Br)c1. The molecular weight excluding hydrogens is 313 g/mol. The van der Waals surface area contributed by atoms with Crippen LogP contribution in [-0.2, 0) is 6.54 Å². The third-order valence-corrected chi connectivity index (χ3v) is 3.41. The summed E-state index contributed by atoms with van der Waals surface area (Å²) in [6.45, 7) is 0.404. The van der Waals surface area contributed by atoms with Crippen molar-refractivity contribution in [3.63, 3.8) is 0 Å². The molecule has 0 saturated carbocycles. The molecule has 0 radical (unpaired) electrons. The van der Waals surface area contributed by atoms with Crippen LogP contribution in [0, 0.1) is 5.82 Å². The predicted molar refractivity (Wildman–Crippen MR) is 74.8 cm³/mol. The summed E-state index contributed by atoms with van der Waals surface area (Å²) < 4.78 is 14.5. The first-order chi connectivity index (χ1) is 9.08. The van der Waals surface area contributed by atoms with Crippen molar-refractivity contribution >= 4 is 27.6 Å². The van der Waals surface area contributed by atoms with Crippen LogP contribution in [0.25, 0.3) is 0 Å². The highest BCUT2D eigenvalue weighted by molar-refractivity contribution is 9.10. The van der Waals surface area contributed by atoms with E-state index < -0.39 is 11.8 Å². The zero-order valence-corrected chi connectivity index (χ0v) is 11.4. The fourth-order valence-electron chi connectivity index (χ4n) is 1.63. The number of rotatable bonds is 4. The van der Waals surface area contributed by atoms with Gasteiger partial charge in [-0.2, -0.15) is 0 Å². The Kier molecular flexibility index (Phi) is 4.16. The highest BCUT2D eigenvalue weighted by atomic mass is 79.9. The van der Waals surface area contributed by atoms with Gasteiger partial charge in [0.1, 0.15) is 5.82 Å². The van der Waals surface area contributed by atoms with Gasteiger partial charge in [-0.05, 0) is 29.8 Å². The molecule has 5 heteroatoms. The number of aromatic carboxylic acids is 1. The molecule has 98 valence electrons. The molecule has 0 heterocycles. The van der Waals surface area contributed by atoms with Gasteiger partial charge in [0.2, 0.25) is 0 Å². The van der Waals surface area contributed by atoms with Gasteiger partial charge in [-0.3, -0.25) is 0 Å². The van der Waals surface area contributed by atoms with Crippen LogP contribution >= 0.6 is 15.9 Å². The number of carboxylic acids is 1. The van der Waals surface area contributed by atoms with Crippen molar-refractivity contribution in [2.24, 2.45) is 0 Å². The highest BCUT2D eigenvalue weighted by Gasteiger charge is 2.08. The summed E-state index contributed by atoms with van der Waals surface area (Å²) in [4.78, 5) is 10.8. The molecule has 0 aliphatic carbocycles. The molecule has 0 aliphatic rings. The zero-order chi connectivity index (χ0) is 13.8. The summed E-state index contributed by atoms with van der Waals surface area (Å²) in [6, 6.07) is 11.2. The van der Waals surface area contributed by atoms with Gasteiger partial charge in [0, 0.05) is 11.0 Å². The maximum absolute atomic E-state index is 13.6. The summed E-state index contributed by atoms with van der Waals surface area (Å²) in [6.07, 6.45) is 0. The molecule has 2 aromatic carbocycles. The average molecular weight is 324 g/mol. The Morgan fingerprint density at radius 2 is 2.00 bits per heavy atom. The van der Waals surface area contributed by atoms with Crippen molar-refractivity contribution in [1.29, 1.82) is 0 Å². The lowest BCUT2D eigenvalue weighted by Crippen LogP contribution is -2.04. The Bertz CT molecular complexity index is 616. The lowest BCUT2D eigenvalue weighted by Gasteiger charge is -2.09. The number of hydrogen-bond donors (Lipinski definition) is 2. The summed E-state index contributed by atoms with van der Waals surface area (Å²) >= 11 is 3.40. The molecule has 0 unspecified atom stereocenters. The minimum absolute atomic E-state index is 0.0519. The van der Waals surface area contributed by atoms with E-state index in [4.69, 9.17) is 5.11 Å². The second-order valence-electron chi connectivity index (χ2n) is 3.94. The van der Waals surface area contributed by atoms with E-state index in [1.165, 1.54) is 12.1 Å². The van der Waals surface area contributed by atoms with Crippen LogP contribution in [0.15, 0.2) is 46.9 Å². The number of nitrogens with one attached hydrogen (secondary N) is 1. The van der Waals surface area contributed by atoms with Crippen molar-refractivity contribution in [3.05, 3.63) is 63.9 Å². The van der Waals surface area contributed by atoms with Gasteiger partial charge < -0.3 is 10.4 Å². The van der Waals surface area contributed by atoms with E-state index >= 15 is 0 Å². The second-order valence-corrected chi connectivity index (χ2v) is 4.80. The van der Waals surface area contributed by atoms with Crippen LogP contribution in [0.3, 0.4) is 0 Å². The summed E-state index contributed by atoms with van der Waals surface area (Å²) in [5.74, 6) is -1.55. The molecular formula is C14H11BrFNO2. The number of carboxylic acid groups (broad SMARTS) is 1. The molecule has 0 spiro atoms. The van der Waals surface area contributed by atoms with Crippen LogP contribution < -0.4 is 5.32 Å². The Hall–Kier alpha value is -1.88. The third kappa shape index (κ3) is 3.32. The van der Waals surface area contributed by atoms with Crippen LogP contribution in [0.4, 0.5) is 10.1 Å². The second kappa shape index (κ2) is 5.84. The number of anilines is 1. The smallest absolute Gasteiger partial charge is 0.335 e. The minimum atomic E-state index is -1.08. The van der Waals surface area contributed by atoms with E-state index in [0.29, 0.717) is 6.54 Å². The monoisotopic (exact) mass is 323 g/mol. The standard InChI is InChI=1S/C14H11BrFNO2/c15-11-4-2-1-3-10(11)8-17-13-7-9(14(18)19)5-6-12(13)16/h1-7,17H,8H2,(H,18,19). The number of halogens is 2. The molecule has 0 bridgehead atoms. The Morgan fingerprint density at radius 3 is 2.68 bits per heavy atom. The van der Waals surface area contributed by atoms with E-state index in [2.05, 4.69) is 21.2 Å². The van der Waals surface area contributed by atoms with Gasteiger partial charge in [-0.1, -0.05) is 34.1 Å². The highest BCUT2D eigenvalue weighted by Crippen LogP contribution is 2.20. The van der Waals surface area contributed by atoms with E-state index in [0.717, 1.165) is 16.1 Å². The van der Waals surface area contributed by atoms with E-state index in [9.17, 15) is 9.18 Å². The maximum atomic E-state index is 13.6. The Balaban J connectivity index is 2.17. The first-order valence-corrected chi connectivity index (χ1v) is 6.37. The minimum Gasteiger partial charge on any atom is -0.478 e. The van der Waals surface area contributed by atoms with Crippen LogP contribution in [0.2, 0.25) is 0 Å². The van der Waals surface area contributed by atoms with Crippen molar-refractivity contribution in [2.75, 3.05) is 5.32 Å². The molecule has 0 saturated heterocycles. The fourth-order valence-corrected chi connectivity index (χ4v) is 2.05. The molecule has 19 heavy (non-hydrogen) atoms. The average Bonchev–Trinajstić information content (AvgIpc) is 2.39. The predicted octanol–water partition coefficient (Wildman–Crippen LogP) is 3.90. The van der Waals surface area contributed by atoms with Gasteiger partial charge in [-0.25, -0.2) is 9.18 Å². The molecule has 2 rings (SSSR count). The first kappa shape index (κ1) is 13.5. The van der Waals surface area contributed by atoms with Gasteiger partial charge in [-0.15, -0.1) is 0 Å². The number of hydrogen-bond acceptors (Lipinski definition) is 2. The number of benzene rings is 2. The van der Waals surface area contributed by atoms with Crippen LogP contribution in [-0.4, -0.2) is 11.1 Å². The topological polar surface area (TPSA) is 49.3 Å². The summed E-state index contributed by atoms with van der Waals surface area (Å²) in [5.41, 5.74) is 1.19. The van der Waals surface area contributed by atoms with Gasteiger partial charge in [0.05, 0.1) is 11.3 Å². The lowest BCUT2D eigenvalue weighted by atomic mass is 10.1.